The zero-order valence-electron chi connectivity index (χ0n) is 19.5. The minimum atomic E-state index is -0.853. The van der Waals surface area contributed by atoms with E-state index in [-0.39, 0.29) is 25.3 Å². The summed E-state index contributed by atoms with van der Waals surface area (Å²) in [6, 6.07) is 19.8. The van der Waals surface area contributed by atoms with Crippen LogP contribution in [0.4, 0.5) is 0 Å². The predicted molar refractivity (Wildman–Crippen MR) is 131 cm³/mol. The van der Waals surface area contributed by atoms with Crippen molar-refractivity contribution in [3.8, 4) is 0 Å². The van der Waals surface area contributed by atoms with Crippen LogP contribution in [-0.4, -0.2) is 51.7 Å². The molecule has 3 amide bonds. The summed E-state index contributed by atoms with van der Waals surface area (Å²) >= 11 is 0. The van der Waals surface area contributed by atoms with Gasteiger partial charge < -0.3 is 16.4 Å². The maximum atomic E-state index is 12.4. The van der Waals surface area contributed by atoms with Crippen molar-refractivity contribution in [3.63, 3.8) is 0 Å². The van der Waals surface area contributed by atoms with Crippen LogP contribution in [0, 0.1) is 0 Å². The number of hydrogen-bond donors (Lipinski definition) is 3. The van der Waals surface area contributed by atoms with Crippen LogP contribution in [0.5, 0.6) is 0 Å². The van der Waals surface area contributed by atoms with Gasteiger partial charge in [0.05, 0.1) is 17.9 Å². The Hall–Kier alpha value is -4.11. The number of amides is 3. The normalized spacial score (nSPS) is 11.6. The van der Waals surface area contributed by atoms with Crippen molar-refractivity contribution in [1.82, 2.24) is 25.5 Å². The lowest BCUT2D eigenvalue weighted by atomic mass is 10.1. The molecule has 9 nitrogen and oxygen atoms in total. The number of carbonyl (C=O) groups is 3. The molecular weight excluding hydrogens is 444 g/mol. The molecule has 0 radical (unpaired) electrons. The molecule has 9 heteroatoms. The smallest absolute Gasteiger partial charge is 0.240 e. The summed E-state index contributed by atoms with van der Waals surface area (Å²) < 4.78 is 0. The molecule has 4 N–H and O–H groups in total. The summed E-state index contributed by atoms with van der Waals surface area (Å²) in [4.78, 5) is 47.3. The highest BCUT2D eigenvalue weighted by molar-refractivity contribution is 5.89. The lowest BCUT2D eigenvalue weighted by Crippen LogP contribution is -2.49. The Labute approximate surface area is 204 Å². The minimum absolute atomic E-state index is 0.191. The van der Waals surface area contributed by atoms with E-state index in [2.05, 4.69) is 25.5 Å². The Kier molecular flexibility index (Phi) is 9.89. The Balaban J connectivity index is 1.48. The lowest BCUT2D eigenvalue weighted by molar-refractivity contribution is -0.128. The second-order valence-corrected chi connectivity index (χ2v) is 8.09. The Bertz CT molecular complexity index is 1040. The van der Waals surface area contributed by atoms with Gasteiger partial charge in [-0.3, -0.25) is 29.3 Å². The summed E-state index contributed by atoms with van der Waals surface area (Å²) in [5.41, 5.74) is 8.09. The molecule has 0 aliphatic heterocycles. The van der Waals surface area contributed by atoms with Crippen molar-refractivity contribution in [1.29, 1.82) is 0 Å². The van der Waals surface area contributed by atoms with E-state index in [1.807, 2.05) is 66.7 Å². The second-order valence-electron chi connectivity index (χ2n) is 8.09. The average Bonchev–Trinajstić information content (AvgIpc) is 2.87. The molecule has 182 valence electrons. The molecule has 0 spiro atoms. The zero-order chi connectivity index (χ0) is 24.9. The van der Waals surface area contributed by atoms with Crippen LogP contribution in [0.15, 0.2) is 79.1 Å². The van der Waals surface area contributed by atoms with E-state index < -0.39 is 17.9 Å². The van der Waals surface area contributed by atoms with Gasteiger partial charge in [-0.2, -0.15) is 0 Å². The average molecular weight is 475 g/mol. The fraction of sp³-hybridized carbons (Fsp3) is 0.269. The first-order chi connectivity index (χ1) is 17.0. The van der Waals surface area contributed by atoms with Crippen molar-refractivity contribution >= 4 is 17.7 Å². The summed E-state index contributed by atoms with van der Waals surface area (Å²) in [6.45, 7) is 1.34. The number of nitrogens with one attached hydrogen (secondary N) is 2. The van der Waals surface area contributed by atoms with E-state index in [0.29, 0.717) is 19.6 Å². The van der Waals surface area contributed by atoms with Crippen molar-refractivity contribution < 1.29 is 14.4 Å². The summed E-state index contributed by atoms with van der Waals surface area (Å²) in [7, 11) is 0. The first kappa shape index (κ1) is 25.5. The van der Waals surface area contributed by atoms with Gasteiger partial charge in [0.15, 0.2) is 0 Å². The van der Waals surface area contributed by atoms with Gasteiger partial charge in [0.2, 0.25) is 17.7 Å². The van der Waals surface area contributed by atoms with Gasteiger partial charge in [-0.05, 0) is 29.8 Å². The van der Waals surface area contributed by atoms with E-state index in [1.165, 1.54) is 0 Å². The highest BCUT2D eigenvalue weighted by atomic mass is 16.2. The van der Waals surface area contributed by atoms with Gasteiger partial charge in [0.1, 0.15) is 6.04 Å². The number of carbonyl (C=O) groups excluding carboxylic acids is 3. The van der Waals surface area contributed by atoms with E-state index in [9.17, 15) is 14.4 Å². The highest BCUT2D eigenvalue weighted by Gasteiger charge is 2.19. The predicted octanol–water partition coefficient (Wildman–Crippen LogP) is 1.20. The summed E-state index contributed by atoms with van der Waals surface area (Å²) in [6.07, 6.45) is 3.94. The Morgan fingerprint density at radius 3 is 1.97 bits per heavy atom. The number of rotatable bonds is 13. The van der Waals surface area contributed by atoms with E-state index in [0.717, 1.165) is 17.0 Å². The van der Waals surface area contributed by atoms with Gasteiger partial charge in [-0.15, -0.1) is 0 Å². The minimum Gasteiger partial charge on any atom is -0.368 e. The third-order valence-corrected chi connectivity index (χ3v) is 5.29. The van der Waals surface area contributed by atoms with Crippen molar-refractivity contribution in [3.05, 3.63) is 96.1 Å². The van der Waals surface area contributed by atoms with Crippen LogP contribution in [0.3, 0.4) is 0 Å². The lowest BCUT2D eigenvalue weighted by Gasteiger charge is -2.21. The molecule has 3 rings (SSSR count). The first-order valence-electron chi connectivity index (χ1n) is 11.4. The van der Waals surface area contributed by atoms with Crippen LogP contribution in [0.25, 0.3) is 0 Å². The van der Waals surface area contributed by atoms with Crippen LogP contribution in [0.1, 0.15) is 23.4 Å². The van der Waals surface area contributed by atoms with E-state index >= 15 is 0 Å². The van der Waals surface area contributed by atoms with Crippen LogP contribution in [0.2, 0.25) is 0 Å². The molecule has 0 aliphatic rings. The summed E-state index contributed by atoms with van der Waals surface area (Å²) in [5.74, 6) is -1.38. The topological polar surface area (TPSA) is 130 Å². The number of benzene rings is 1. The van der Waals surface area contributed by atoms with Crippen LogP contribution in [-0.2, 0) is 33.9 Å². The number of primary amides is 1. The van der Waals surface area contributed by atoms with E-state index in [4.69, 9.17) is 5.73 Å². The number of hydrogen-bond acceptors (Lipinski definition) is 6. The summed E-state index contributed by atoms with van der Waals surface area (Å²) in [5, 5.41) is 5.21. The second kappa shape index (κ2) is 13.6. The Morgan fingerprint density at radius 2 is 1.43 bits per heavy atom. The largest absolute Gasteiger partial charge is 0.368 e. The van der Waals surface area contributed by atoms with Gasteiger partial charge in [0, 0.05) is 44.9 Å². The SMILES string of the molecule is NC(=O)C(Cc1ccccc1)NC(=O)CNC(=O)CCN(Cc1ccccn1)Cc1ccccn1. The number of nitrogens with two attached hydrogens (primary N) is 1. The maximum Gasteiger partial charge on any atom is 0.240 e. The highest BCUT2D eigenvalue weighted by Crippen LogP contribution is 2.08. The molecule has 0 bridgehead atoms. The van der Waals surface area contributed by atoms with Crippen molar-refractivity contribution in [2.45, 2.75) is 32.0 Å². The molecule has 0 aliphatic carbocycles. The molecule has 0 saturated heterocycles. The van der Waals surface area contributed by atoms with Gasteiger partial charge >= 0.3 is 0 Å². The van der Waals surface area contributed by atoms with Crippen LogP contribution < -0.4 is 16.4 Å². The molecule has 2 aromatic heterocycles. The molecule has 1 aromatic carbocycles. The number of aromatic nitrogens is 2. The van der Waals surface area contributed by atoms with Crippen molar-refractivity contribution in [2.75, 3.05) is 13.1 Å². The monoisotopic (exact) mass is 474 g/mol. The van der Waals surface area contributed by atoms with Crippen molar-refractivity contribution in [2.24, 2.45) is 5.73 Å². The van der Waals surface area contributed by atoms with Gasteiger partial charge in [-0.25, -0.2) is 0 Å². The number of nitrogens with zero attached hydrogens (tertiary/aromatic N) is 3. The third kappa shape index (κ3) is 9.34. The first-order valence-corrected chi connectivity index (χ1v) is 11.4. The molecule has 0 fully saturated rings. The molecule has 35 heavy (non-hydrogen) atoms. The third-order valence-electron chi connectivity index (χ3n) is 5.29. The molecule has 3 aromatic rings. The maximum absolute atomic E-state index is 12.4. The standard InChI is InChI=1S/C26H30N6O3/c27-26(35)23(16-20-8-2-1-3-9-20)31-25(34)17-30-24(33)12-15-32(18-21-10-4-6-13-28-21)19-22-11-5-7-14-29-22/h1-11,13-14,23H,12,15-19H2,(H2,27,35)(H,30,33)(H,31,34). The quantitative estimate of drug-likeness (QED) is 0.341. The molecular formula is C26H30N6O3. The van der Waals surface area contributed by atoms with Crippen LogP contribution >= 0.6 is 0 Å². The fourth-order valence-corrected chi connectivity index (χ4v) is 3.50. The molecule has 2 heterocycles. The van der Waals surface area contributed by atoms with Gasteiger partial charge in [-0.1, -0.05) is 42.5 Å². The fourth-order valence-electron chi connectivity index (χ4n) is 3.50. The number of pyridine rings is 2. The zero-order valence-corrected chi connectivity index (χ0v) is 19.5. The van der Waals surface area contributed by atoms with Gasteiger partial charge in [0.25, 0.3) is 0 Å². The Morgan fingerprint density at radius 1 is 0.829 bits per heavy atom. The molecule has 1 unspecified atom stereocenters. The van der Waals surface area contributed by atoms with E-state index in [1.54, 1.807) is 12.4 Å². The molecule has 0 saturated carbocycles. The molecule has 1 atom stereocenters.